The highest BCUT2D eigenvalue weighted by molar-refractivity contribution is 5.81. The lowest BCUT2D eigenvalue weighted by Gasteiger charge is -2.25. The Hall–Kier alpha value is -0.690. The number of nitrogens with one attached hydrogen (secondary N) is 1. The van der Waals surface area contributed by atoms with E-state index in [1.807, 2.05) is 25.8 Å². The van der Waals surface area contributed by atoms with Gasteiger partial charge in [0.25, 0.3) is 5.91 Å². The van der Waals surface area contributed by atoms with Gasteiger partial charge in [0.2, 0.25) is 0 Å². The summed E-state index contributed by atoms with van der Waals surface area (Å²) in [6.45, 7) is 5.48. The number of ether oxygens (including phenoxy) is 2. The number of nitrogens with two attached hydrogens (primary N) is 1. The second kappa shape index (κ2) is 8.46. The van der Waals surface area contributed by atoms with Crippen molar-refractivity contribution in [3.63, 3.8) is 0 Å². The van der Waals surface area contributed by atoms with E-state index in [4.69, 9.17) is 15.3 Å². The van der Waals surface area contributed by atoms with Crippen molar-refractivity contribution in [2.75, 3.05) is 33.9 Å². The maximum Gasteiger partial charge on any atom is 0.253 e. The van der Waals surface area contributed by atoms with Crippen LogP contribution in [0.2, 0.25) is 0 Å². The summed E-state index contributed by atoms with van der Waals surface area (Å²) in [6.07, 6.45) is 0.192. The zero-order chi connectivity index (χ0) is 12.6. The van der Waals surface area contributed by atoms with E-state index in [9.17, 15) is 4.79 Å². The van der Waals surface area contributed by atoms with Crippen LogP contribution < -0.4 is 11.3 Å². The van der Waals surface area contributed by atoms with E-state index in [1.54, 1.807) is 7.11 Å². The van der Waals surface area contributed by atoms with Crippen molar-refractivity contribution >= 4 is 5.91 Å². The van der Waals surface area contributed by atoms with Gasteiger partial charge in [0, 0.05) is 13.7 Å². The Labute approximate surface area is 97.0 Å². The van der Waals surface area contributed by atoms with Gasteiger partial charge in [-0.1, -0.05) is 0 Å². The van der Waals surface area contributed by atoms with Crippen LogP contribution in [0.3, 0.4) is 0 Å². The van der Waals surface area contributed by atoms with E-state index >= 15 is 0 Å². The Kier molecular flexibility index (Phi) is 8.10. The maximum absolute atomic E-state index is 11.4. The van der Waals surface area contributed by atoms with Gasteiger partial charge in [0.15, 0.2) is 0 Å². The molecule has 0 aromatic rings. The van der Waals surface area contributed by atoms with Gasteiger partial charge in [-0.15, -0.1) is 0 Å². The van der Waals surface area contributed by atoms with Gasteiger partial charge in [0.1, 0.15) is 6.04 Å². The molecule has 6 heteroatoms. The van der Waals surface area contributed by atoms with Gasteiger partial charge in [0.05, 0.1) is 19.3 Å². The van der Waals surface area contributed by atoms with Crippen molar-refractivity contribution in [3.05, 3.63) is 0 Å². The SMILES string of the molecule is COCC(C(=O)NN)N(C)CCOC(C)C. The Morgan fingerprint density at radius 3 is 2.56 bits per heavy atom. The molecule has 0 heterocycles. The highest BCUT2D eigenvalue weighted by atomic mass is 16.5. The molecule has 0 saturated carbocycles. The van der Waals surface area contributed by atoms with Gasteiger partial charge in [-0.3, -0.25) is 15.1 Å². The Bertz CT molecular complexity index is 200. The van der Waals surface area contributed by atoms with Gasteiger partial charge >= 0.3 is 0 Å². The monoisotopic (exact) mass is 233 g/mol. The van der Waals surface area contributed by atoms with Crippen molar-refractivity contribution in [3.8, 4) is 0 Å². The van der Waals surface area contributed by atoms with Crippen molar-refractivity contribution in [2.24, 2.45) is 5.84 Å². The molecule has 0 aromatic carbocycles. The highest BCUT2D eigenvalue weighted by Crippen LogP contribution is 1.98. The van der Waals surface area contributed by atoms with Crippen LogP contribution in [-0.2, 0) is 14.3 Å². The smallest absolute Gasteiger partial charge is 0.253 e. The maximum atomic E-state index is 11.4. The normalized spacial score (nSPS) is 13.2. The third-order valence-corrected chi connectivity index (χ3v) is 2.20. The molecule has 1 unspecified atom stereocenters. The summed E-state index contributed by atoms with van der Waals surface area (Å²) in [5.74, 6) is 4.85. The van der Waals surface area contributed by atoms with E-state index in [0.717, 1.165) is 0 Å². The number of amides is 1. The van der Waals surface area contributed by atoms with E-state index in [1.165, 1.54) is 0 Å². The van der Waals surface area contributed by atoms with Crippen LogP contribution in [-0.4, -0.2) is 56.9 Å². The van der Waals surface area contributed by atoms with E-state index in [0.29, 0.717) is 19.8 Å². The highest BCUT2D eigenvalue weighted by Gasteiger charge is 2.22. The zero-order valence-corrected chi connectivity index (χ0v) is 10.5. The molecule has 0 bridgehead atoms. The summed E-state index contributed by atoms with van der Waals surface area (Å²) in [7, 11) is 3.39. The molecule has 0 aromatic heterocycles. The predicted molar refractivity (Wildman–Crippen MR) is 61.7 cm³/mol. The molecular weight excluding hydrogens is 210 g/mol. The Morgan fingerprint density at radius 2 is 2.12 bits per heavy atom. The van der Waals surface area contributed by atoms with Gasteiger partial charge in [-0.2, -0.15) is 0 Å². The fourth-order valence-corrected chi connectivity index (χ4v) is 1.25. The Balaban J connectivity index is 4.06. The molecule has 1 atom stereocenters. The summed E-state index contributed by atoms with van der Waals surface area (Å²) < 4.78 is 10.4. The lowest BCUT2D eigenvalue weighted by atomic mass is 10.2. The number of carbonyl (C=O) groups excluding carboxylic acids is 1. The number of hydrogen-bond acceptors (Lipinski definition) is 5. The first-order valence-electron chi connectivity index (χ1n) is 5.34. The molecule has 0 saturated heterocycles. The third kappa shape index (κ3) is 6.02. The number of hydrogen-bond donors (Lipinski definition) is 2. The van der Waals surface area contributed by atoms with E-state index in [2.05, 4.69) is 5.43 Å². The summed E-state index contributed by atoms with van der Waals surface area (Å²) >= 11 is 0. The first-order valence-corrected chi connectivity index (χ1v) is 5.34. The molecule has 96 valence electrons. The number of carbonyl (C=O) groups is 1. The average Bonchev–Trinajstić information content (AvgIpc) is 2.24. The lowest BCUT2D eigenvalue weighted by Crippen LogP contribution is -2.50. The molecule has 0 aliphatic carbocycles. The number of likely N-dealkylation sites (N-methyl/N-ethyl adjacent to an activating group) is 1. The van der Waals surface area contributed by atoms with Gasteiger partial charge in [-0.25, -0.2) is 5.84 Å². The molecule has 6 nitrogen and oxygen atoms in total. The van der Waals surface area contributed by atoms with Crippen LogP contribution >= 0.6 is 0 Å². The third-order valence-electron chi connectivity index (χ3n) is 2.20. The zero-order valence-electron chi connectivity index (χ0n) is 10.5. The quantitative estimate of drug-likeness (QED) is 0.331. The van der Waals surface area contributed by atoms with Crippen LogP contribution in [0.25, 0.3) is 0 Å². The fourth-order valence-electron chi connectivity index (χ4n) is 1.25. The van der Waals surface area contributed by atoms with Crippen LogP contribution in [0.15, 0.2) is 0 Å². The molecule has 0 aliphatic heterocycles. The van der Waals surface area contributed by atoms with Crippen LogP contribution in [0.4, 0.5) is 0 Å². The molecule has 3 N–H and O–H groups in total. The number of nitrogens with zero attached hydrogens (tertiary/aromatic N) is 1. The lowest BCUT2D eigenvalue weighted by molar-refractivity contribution is -0.128. The molecule has 0 spiro atoms. The number of methoxy groups -OCH3 is 1. The molecule has 1 amide bonds. The van der Waals surface area contributed by atoms with E-state index < -0.39 is 0 Å². The van der Waals surface area contributed by atoms with Crippen molar-refractivity contribution in [1.29, 1.82) is 0 Å². The first-order chi connectivity index (χ1) is 7.52. The average molecular weight is 233 g/mol. The summed E-state index contributed by atoms with van der Waals surface area (Å²) in [4.78, 5) is 13.3. The minimum absolute atomic E-state index is 0.192. The molecule has 0 radical (unpaired) electrons. The molecule has 0 aliphatic rings. The van der Waals surface area contributed by atoms with Crippen LogP contribution in [0.1, 0.15) is 13.8 Å². The van der Waals surface area contributed by atoms with Crippen LogP contribution in [0.5, 0.6) is 0 Å². The fraction of sp³-hybridized carbons (Fsp3) is 0.900. The largest absolute Gasteiger partial charge is 0.383 e. The van der Waals surface area contributed by atoms with E-state index in [-0.39, 0.29) is 18.1 Å². The second-order valence-corrected chi connectivity index (χ2v) is 3.88. The van der Waals surface area contributed by atoms with Crippen molar-refractivity contribution < 1.29 is 14.3 Å². The molecule has 0 rings (SSSR count). The second-order valence-electron chi connectivity index (χ2n) is 3.88. The minimum Gasteiger partial charge on any atom is -0.383 e. The molecule has 16 heavy (non-hydrogen) atoms. The minimum atomic E-state index is -0.384. The van der Waals surface area contributed by atoms with Crippen molar-refractivity contribution in [2.45, 2.75) is 26.0 Å². The summed E-state index contributed by atoms with van der Waals surface area (Å²) in [6, 6.07) is -0.384. The Morgan fingerprint density at radius 1 is 1.50 bits per heavy atom. The first kappa shape index (κ1) is 15.3. The van der Waals surface area contributed by atoms with Crippen LogP contribution in [0, 0.1) is 0 Å². The molecular formula is C10H23N3O3. The molecule has 0 fully saturated rings. The number of rotatable bonds is 8. The summed E-state index contributed by atoms with van der Waals surface area (Å²) in [5.41, 5.74) is 2.13. The summed E-state index contributed by atoms with van der Waals surface area (Å²) in [5, 5.41) is 0. The number of hydrazine groups is 1. The van der Waals surface area contributed by atoms with Gasteiger partial charge in [-0.05, 0) is 20.9 Å². The topological polar surface area (TPSA) is 76.8 Å². The predicted octanol–water partition coefficient (Wildman–Crippen LogP) is -0.652. The standard InChI is InChI=1S/C10H23N3O3/c1-8(2)16-6-5-13(3)9(7-15-4)10(14)12-11/h8-9H,5-7,11H2,1-4H3,(H,12,14). The van der Waals surface area contributed by atoms with Gasteiger partial charge < -0.3 is 9.47 Å². The van der Waals surface area contributed by atoms with Crippen molar-refractivity contribution in [1.82, 2.24) is 10.3 Å².